The van der Waals surface area contributed by atoms with Gasteiger partial charge in [-0.2, -0.15) is 0 Å². The highest BCUT2D eigenvalue weighted by molar-refractivity contribution is 7.18. The van der Waals surface area contributed by atoms with Gasteiger partial charge in [-0.3, -0.25) is 14.2 Å². The van der Waals surface area contributed by atoms with Crippen LogP contribution >= 0.6 is 11.3 Å². The minimum Gasteiger partial charge on any atom is -0.355 e. The number of aromatic nitrogens is 2. The Balaban J connectivity index is 2.23. The second-order valence-electron chi connectivity index (χ2n) is 7.44. The van der Waals surface area contributed by atoms with Crippen LogP contribution in [0.1, 0.15) is 41.3 Å². The van der Waals surface area contributed by atoms with Crippen molar-refractivity contribution >= 4 is 27.5 Å². The summed E-state index contributed by atoms with van der Waals surface area (Å²) in [6.07, 6.45) is 1.86. The molecule has 1 amide bonds. The van der Waals surface area contributed by atoms with Gasteiger partial charge in [0.15, 0.2) is 0 Å². The molecule has 0 saturated carbocycles. The molecule has 0 unspecified atom stereocenters. The monoisotopic (exact) mass is 413 g/mol. The van der Waals surface area contributed by atoms with E-state index in [1.807, 2.05) is 39.8 Å². The number of hydrogen-bond donors (Lipinski definition) is 1. The predicted octanol–water partition coefficient (Wildman–Crippen LogP) is 3.36. The summed E-state index contributed by atoms with van der Waals surface area (Å²) in [5.41, 5.74) is 2.63. The molecule has 154 valence electrons. The summed E-state index contributed by atoms with van der Waals surface area (Å²) < 4.78 is 2.62. The zero-order chi connectivity index (χ0) is 21.3. The highest BCUT2D eigenvalue weighted by Crippen LogP contribution is 2.27. The first-order valence-corrected chi connectivity index (χ1v) is 10.7. The molecule has 2 heterocycles. The van der Waals surface area contributed by atoms with Gasteiger partial charge in [0.05, 0.1) is 11.1 Å². The van der Waals surface area contributed by atoms with Gasteiger partial charge in [-0.25, -0.2) is 9.36 Å². The smallest absolute Gasteiger partial charge is 0.337 e. The van der Waals surface area contributed by atoms with E-state index in [4.69, 9.17) is 0 Å². The largest absolute Gasteiger partial charge is 0.355 e. The highest BCUT2D eigenvalue weighted by Gasteiger charge is 2.21. The van der Waals surface area contributed by atoms with Crippen molar-refractivity contribution in [2.45, 2.75) is 54.0 Å². The number of thiophene rings is 1. The Morgan fingerprint density at radius 3 is 2.48 bits per heavy atom. The van der Waals surface area contributed by atoms with Gasteiger partial charge >= 0.3 is 5.69 Å². The lowest BCUT2D eigenvalue weighted by Gasteiger charge is -2.13. The van der Waals surface area contributed by atoms with E-state index >= 15 is 0 Å². The van der Waals surface area contributed by atoms with Crippen LogP contribution in [-0.4, -0.2) is 21.6 Å². The molecule has 0 atom stereocenters. The number of rotatable bonds is 6. The molecule has 0 spiro atoms. The van der Waals surface area contributed by atoms with Crippen molar-refractivity contribution in [3.05, 3.63) is 60.6 Å². The van der Waals surface area contributed by atoms with Crippen LogP contribution in [0.15, 0.2) is 27.8 Å². The van der Waals surface area contributed by atoms with Crippen LogP contribution in [0.3, 0.4) is 0 Å². The van der Waals surface area contributed by atoms with E-state index in [1.54, 1.807) is 6.07 Å². The Bertz CT molecular complexity index is 1200. The third kappa shape index (κ3) is 3.92. The lowest BCUT2D eigenvalue weighted by atomic mass is 10.1. The van der Waals surface area contributed by atoms with E-state index in [2.05, 4.69) is 12.2 Å². The van der Waals surface area contributed by atoms with Crippen LogP contribution in [0.4, 0.5) is 0 Å². The second kappa shape index (κ2) is 8.37. The van der Waals surface area contributed by atoms with Crippen LogP contribution < -0.4 is 16.6 Å². The maximum Gasteiger partial charge on any atom is 0.337 e. The average Bonchev–Trinajstić information content (AvgIpc) is 2.97. The molecular weight excluding hydrogens is 386 g/mol. The summed E-state index contributed by atoms with van der Waals surface area (Å²) in [5, 5.41) is 3.36. The number of amides is 1. The number of carbonyl (C=O) groups excluding carboxylic acids is 1. The Kier molecular flexibility index (Phi) is 6.07. The number of fused-ring (bicyclic) bond motifs is 1. The average molecular weight is 414 g/mol. The molecule has 1 aromatic carbocycles. The summed E-state index contributed by atoms with van der Waals surface area (Å²) in [6, 6.07) is 5.51. The third-order valence-corrected chi connectivity index (χ3v) is 6.58. The minimum absolute atomic E-state index is 0.108. The van der Waals surface area contributed by atoms with Crippen LogP contribution in [0.2, 0.25) is 0 Å². The topological polar surface area (TPSA) is 73.1 Å². The molecule has 0 aliphatic carbocycles. The van der Waals surface area contributed by atoms with Gasteiger partial charge < -0.3 is 5.32 Å². The van der Waals surface area contributed by atoms with Crippen LogP contribution in [0.25, 0.3) is 15.9 Å². The lowest BCUT2D eigenvalue weighted by molar-refractivity contribution is -0.121. The minimum atomic E-state index is -0.488. The van der Waals surface area contributed by atoms with Crippen molar-refractivity contribution in [3.8, 4) is 5.69 Å². The molecule has 2 aromatic heterocycles. The molecule has 0 radical (unpaired) electrons. The summed E-state index contributed by atoms with van der Waals surface area (Å²) in [7, 11) is 0. The number of hydrogen-bond acceptors (Lipinski definition) is 4. The Labute approximate surface area is 173 Å². The highest BCUT2D eigenvalue weighted by atomic mass is 32.1. The fourth-order valence-corrected chi connectivity index (χ4v) is 4.43. The van der Waals surface area contributed by atoms with E-state index in [9.17, 15) is 14.4 Å². The predicted molar refractivity (Wildman–Crippen MR) is 119 cm³/mol. The van der Waals surface area contributed by atoms with Gasteiger partial charge in [0.25, 0.3) is 5.56 Å². The number of benzene rings is 1. The van der Waals surface area contributed by atoms with Gasteiger partial charge in [0.2, 0.25) is 5.91 Å². The molecule has 0 aliphatic heterocycles. The third-order valence-electron chi connectivity index (χ3n) is 5.35. The number of unbranched alkanes of at least 4 members (excludes halogenated alkanes) is 1. The first kappa shape index (κ1) is 21.0. The van der Waals surface area contributed by atoms with Gasteiger partial charge in [0, 0.05) is 11.4 Å². The van der Waals surface area contributed by atoms with Gasteiger partial charge in [-0.15, -0.1) is 11.3 Å². The van der Waals surface area contributed by atoms with Crippen molar-refractivity contribution in [1.82, 2.24) is 14.5 Å². The number of nitrogens with one attached hydrogen (secondary N) is 1. The molecule has 3 aromatic rings. The van der Waals surface area contributed by atoms with Gasteiger partial charge in [-0.05, 0) is 62.9 Å². The molecule has 7 heteroatoms. The molecular formula is C22H27N3O3S. The van der Waals surface area contributed by atoms with Crippen LogP contribution in [-0.2, 0) is 11.3 Å². The van der Waals surface area contributed by atoms with Crippen molar-refractivity contribution < 1.29 is 4.79 Å². The number of nitrogens with zero attached hydrogens (tertiary/aromatic N) is 2. The van der Waals surface area contributed by atoms with Gasteiger partial charge in [-0.1, -0.05) is 19.4 Å². The van der Waals surface area contributed by atoms with E-state index < -0.39 is 5.69 Å². The normalized spacial score (nSPS) is 11.2. The van der Waals surface area contributed by atoms with Gasteiger partial charge in [0.1, 0.15) is 11.4 Å². The quantitative estimate of drug-likeness (QED) is 0.630. The van der Waals surface area contributed by atoms with Crippen LogP contribution in [0.5, 0.6) is 0 Å². The number of aryl methyl sites for hydroxylation is 4. The molecule has 3 rings (SSSR count). The summed E-state index contributed by atoms with van der Waals surface area (Å²) in [6.45, 7) is 10.3. The lowest BCUT2D eigenvalue weighted by Crippen LogP contribution is -2.41. The zero-order valence-corrected chi connectivity index (χ0v) is 18.4. The van der Waals surface area contributed by atoms with Crippen molar-refractivity contribution in [2.75, 3.05) is 6.54 Å². The standard InChI is InChI=1S/C22H27N3O3S/c1-6-7-10-23-18(26)12-24-21-19(15(4)16(5)29-21)20(27)25(22(24)28)17-9-8-13(2)14(3)11-17/h8-9,11H,6-7,10,12H2,1-5H3,(H,23,26). The first-order valence-electron chi connectivity index (χ1n) is 9.86. The molecule has 0 aliphatic rings. The van der Waals surface area contributed by atoms with Crippen LogP contribution in [0, 0.1) is 27.7 Å². The Morgan fingerprint density at radius 2 is 1.83 bits per heavy atom. The first-order chi connectivity index (χ1) is 13.8. The van der Waals surface area contributed by atoms with Crippen molar-refractivity contribution in [3.63, 3.8) is 0 Å². The molecule has 0 saturated heterocycles. The SMILES string of the molecule is CCCCNC(=O)Cn1c(=O)n(-c2ccc(C)c(C)c2)c(=O)c2c(C)c(C)sc21. The van der Waals surface area contributed by atoms with E-state index in [-0.39, 0.29) is 18.0 Å². The molecule has 29 heavy (non-hydrogen) atoms. The van der Waals surface area contributed by atoms with Crippen molar-refractivity contribution in [1.29, 1.82) is 0 Å². The van der Waals surface area contributed by atoms with E-state index in [0.717, 1.165) is 34.4 Å². The van der Waals surface area contributed by atoms with E-state index in [1.165, 1.54) is 20.5 Å². The molecule has 1 N–H and O–H groups in total. The van der Waals surface area contributed by atoms with Crippen molar-refractivity contribution in [2.24, 2.45) is 0 Å². The maximum absolute atomic E-state index is 13.3. The maximum atomic E-state index is 13.3. The van der Waals surface area contributed by atoms with E-state index in [0.29, 0.717) is 22.4 Å². The molecule has 0 bridgehead atoms. The fraction of sp³-hybridized carbons (Fsp3) is 0.409. The summed E-state index contributed by atoms with van der Waals surface area (Å²) in [4.78, 5) is 40.6. The summed E-state index contributed by atoms with van der Waals surface area (Å²) in [5.74, 6) is -0.226. The molecule has 0 fully saturated rings. The summed E-state index contributed by atoms with van der Waals surface area (Å²) >= 11 is 1.38. The second-order valence-corrected chi connectivity index (χ2v) is 8.65. The molecule has 6 nitrogen and oxygen atoms in total. The Hall–Kier alpha value is -2.67. The zero-order valence-electron chi connectivity index (χ0n) is 17.6. The number of carbonyl (C=O) groups is 1. The Morgan fingerprint density at radius 1 is 1.10 bits per heavy atom. The fourth-order valence-electron chi connectivity index (χ4n) is 3.29.